The summed E-state index contributed by atoms with van der Waals surface area (Å²) in [5.74, 6) is 0.687. The van der Waals surface area contributed by atoms with Crippen molar-refractivity contribution in [3.8, 4) is 0 Å². The fourth-order valence-electron chi connectivity index (χ4n) is 2.23. The SMILES string of the molecule is COC(=O)CC1CCCCN1c1cnccn1. The van der Waals surface area contributed by atoms with Gasteiger partial charge in [-0.3, -0.25) is 9.78 Å². The van der Waals surface area contributed by atoms with Crippen LogP contribution in [0.1, 0.15) is 25.7 Å². The maximum atomic E-state index is 11.4. The maximum Gasteiger partial charge on any atom is 0.307 e. The predicted octanol–water partition coefficient (Wildman–Crippen LogP) is 1.40. The van der Waals surface area contributed by atoms with Gasteiger partial charge in [0.1, 0.15) is 5.82 Å². The standard InChI is InChI=1S/C12H17N3O2/c1-17-12(16)8-10-4-2-3-7-15(10)11-9-13-5-6-14-11/h5-6,9-10H,2-4,7-8H2,1H3. The molecule has 0 aromatic carbocycles. The van der Waals surface area contributed by atoms with Crippen LogP contribution in [-0.2, 0) is 9.53 Å². The number of ether oxygens (including phenoxy) is 1. The van der Waals surface area contributed by atoms with E-state index in [2.05, 4.69) is 14.9 Å². The Morgan fingerprint density at radius 3 is 3.12 bits per heavy atom. The van der Waals surface area contributed by atoms with Gasteiger partial charge in [-0.2, -0.15) is 0 Å². The van der Waals surface area contributed by atoms with E-state index in [1.807, 2.05) is 0 Å². The summed E-state index contributed by atoms with van der Waals surface area (Å²) in [7, 11) is 1.43. The Morgan fingerprint density at radius 1 is 1.53 bits per heavy atom. The van der Waals surface area contributed by atoms with Gasteiger partial charge in [-0.05, 0) is 19.3 Å². The van der Waals surface area contributed by atoms with Crippen molar-refractivity contribution in [3.05, 3.63) is 18.6 Å². The Morgan fingerprint density at radius 2 is 2.41 bits per heavy atom. The first-order chi connectivity index (χ1) is 8.31. The minimum absolute atomic E-state index is 0.161. The second-order valence-corrected chi connectivity index (χ2v) is 4.19. The highest BCUT2D eigenvalue weighted by molar-refractivity contribution is 5.70. The topological polar surface area (TPSA) is 55.3 Å². The third-order valence-electron chi connectivity index (χ3n) is 3.10. The first-order valence-electron chi connectivity index (χ1n) is 5.90. The van der Waals surface area contributed by atoms with E-state index in [0.717, 1.165) is 31.6 Å². The monoisotopic (exact) mass is 235 g/mol. The van der Waals surface area contributed by atoms with Crippen LogP contribution in [0.3, 0.4) is 0 Å². The van der Waals surface area contributed by atoms with Gasteiger partial charge in [0.2, 0.25) is 0 Å². The average Bonchev–Trinajstić information content (AvgIpc) is 2.40. The zero-order chi connectivity index (χ0) is 12.1. The first kappa shape index (κ1) is 11.8. The molecule has 1 aliphatic rings. The third kappa shape index (κ3) is 2.93. The van der Waals surface area contributed by atoms with Crippen LogP contribution in [0.4, 0.5) is 5.82 Å². The summed E-state index contributed by atoms with van der Waals surface area (Å²) in [4.78, 5) is 21.9. The van der Waals surface area contributed by atoms with E-state index in [-0.39, 0.29) is 12.0 Å². The number of anilines is 1. The Labute approximate surface area is 101 Å². The van der Waals surface area contributed by atoms with Crippen LogP contribution >= 0.6 is 0 Å². The van der Waals surface area contributed by atoms with Crippen LogP contribution in [0.5, 0.6) is 0 Å². The number of rotatable bonds is 3. The van der Waals surface area contributed by atoms with Crippen molar-refractivity contribution in [1.29, 1.82) is 0 Å². The number of carbonyl (C=O) groups is 1. The van der Waals surface area contributed by atoms with Gasteiger partial charge in [0.05, 0.1) is 19.7 Å². The fourth-order valence-corrected chi connectivity index (χ4v) is 2.23. The summed E-state index contributed by atoms with van der Waals surface area (Å²) >= 11 is 0. The van der Waals surface area contributed by atoms with Crippen LogP contribution in [-0.4, -0.2) is 35.6 Å². The molecular weight excluding hydrogens is 218 g/mol. The van der Waals surface area contributed by atoms with E-state index in [4.69, 9.17) is 4.74 Å². The first-order valence-corrected chi connectivity index (χ1v) is 5.90. The predicted molar refractivity (Wildman–Crippen MR) is 63.7 cm³/mol. The molecule has 1 saturated heterocycles. The van der Waals surface area contributed by atoms with Gasteiger partial charge in [0.25, 0.3) is 0 Å². The summed E-state index contributed by atoms with van der Waals surface area (Å²) in [5.41, 5.74) is 0. The van der Waals surface area contributed by atoms with Crippen molar-refractivity contribution in [2.45, 2.75) is 31.7 Å². The van der Waals surface area contributed by atoms with E-state index >= 15 is 0 Å². The molecule has 1 unspecified atom stereocenters. The smallest absolute Gasteiger partial charge is 0.307 e. The second-order valence-electron chi connectivity index (χ2n) is 4.19. The zero-order valence-corrected chi connectivity index (χ0v) is 10.0. The molecule has 0 aliphatic carbocycles. The van der Waals surface area contributed by atoms with Gasteiger partial charge < -0.3 is 9.64 Å². The molecule has 2 rings (SSSR count). The average molecular weight is 235 g/mol. The molecular formula is C12H17N3O2. The van der Waals surface area contributed by atoms with E-state index < -0.39 is 0 Å². The van der Waals surface area contributed by atoms with Crippen LogP contribution in [0, 0.1) is 0 Å². The number of nitrogens with zero attached hydrogens (tertiary/aromatic N) is 3. The largest absolute Gasteiger partial charge is 0.469 e. The number of esters is 1. The molecule has 1 fully saturated rings. The normalized spacial score (nSPS) is 20.1. The molecule has 2 heterocycles. The van der Waals surface area contributed by atoms with Gasteiger partial charge in [-0.1, -0.05) is 0 Å². The summed E-state index contributed by atoms with van der Waals surface area (Å²) in [5, 5.41) is 0. The lowest BCUT2D eigenvalue weighted by Gasteiger charge is -2.35. The summed E-state index contributed by atoms with van der Waals surface area (Å²) in [6.45, 7) is 0.931. The number of piperidine rings is 1. The molecule has 1 aromatic heterocycles. The van der Waals surface area contributed by atoms with Gasteiger partial charge >= 0.3 is 5.97 Å². The highest BCUT2D eigenvalue weighted by atomic mass is 16.5. The van der Waals surface area contributed by atoms with Crippen molar-refractivity contribution in [3.63, 3.8) is 0 Å². The lowest BCUT2D eigenvalue weighted by atomic mass is 9.99. The van der Waals surface area contributed by atoms with Crippen LogP contribution < -0.4 is 4.90 Å². The lowest BCUT2D eigenvalue weighted by molar-refractivity contribution is -0.141. The molecule has 1 atom stereocenters. The van der Waals surface area contributed by atoms with Gasteiger partial charge in [-0.25, -0.2) is 4.98 Å². The van der Waals surface area contributed by atoms with E-state index in [1.54, 1.807) is 18.6 Å². The Bertz CT molecular complexity index is 369. The zero-order valence-electron chi connectivity index (χ0n) is 10.0. The van der Waals surface area contributed by atoms with Crippen LogP contribution in [0.25, 0.3) is 0 Å². The van der Waals surface area contributed by atoms with E-state index in [1.165, 1.54) is 7.11 Å². The molecule has 0 radical (unpaired) electrons. The van der Waals surface area contributed by atoms with Gasteiger partial charge in [0.15, 0.2) is 0 Å². The second kappa shape index (κ2) is 5.61. The Hall–Kier alpha value is -1.65. The molecule has 5 heteroatoms. The molecule has 1 aliphatic heterocycles. The van der Waals surface area contributed by atoms with Gasteiger partial charge in [0, 0.05) is 25.0 Å². The molecule has 0 N–H and O–H groups in total. The quantitative estimate of drug-likeness (QED) is 0.741. The van der Waals surface area contributed by atoms with Crippen molar-refractivity contribution >= 4 is 11.8 Å². The molecule has 92 valence electrons. The molecule has 0 saturated carbocycles. The van der Waals surface area contributed by atoms with Crippen molar-refractivity contribution < 1.29 is 9.53 Å². The Balaban J connectivity index is 2.09. The summed E-state index contributed by atoms with van der Waals surface area (Å²) in [6, 6.07) is 0.188. The number of carbonyl (C=O) groups excluding carboxylic acids is 1. The van der Waals surface area contributed by atoms with Gasteiger partial charge in [-0.15, -0.1) is 0 Å². The van der Waals surface area contributed by atoms with Crippen LogP contribution in [0.15, 0.2) is 18.6 Å². The highest BCUT2D eigenvalue weighted by Gasteiger charge is 2.26. The van der Waals surface area contributed by atoms with E-state index in [0.29, 0.717) is 6.42 Å². The molecule has 0 bridgehead atoms. The number of hydrogen-bond donors (Lipinski definition) is 0. The highest BCUT2D eigenvalue weighted by Crippen LogP contribution is 2.24. The minimum atomic E-state index is -0.161. The third-order valence-corrected chi connectivity index (χ3v) is 3.10. The van der Waals surface area contributed by atoms with Crippen molar-refractivity contribution in [2.75, 3.05) is 18.6 Å². The van der Waals surface area contributed by atoms with Crippen LogP contribution in [0.2, 0.25) is 0 Å². The Kier molecular flexibility index (Phi) is 3.90. The number of hydrogen-bond acceptors (Lipinski definition) is 5. The number of aromatic nitrogens is 2. The molecule has 1 aromatic rings. The summed E-state index contributed by atoms with van der Waals surface area (Å²) < 4.78 is 4.74. The fraction of sp³-hybridized carbons (Fsp3) is 0.583. The van der Waals surface area contributed by atoms with Crippen molar-refractivity contribution in [1.82, 2.24) is 9.97 Å². The maximum absolute atomic E-state index is 11.4. The minimum Gasteiger partial charge on any atom is -0.469 e. The number of methoxy groups -OCH3 is 1. The van der Waals surface area contributed by atoms with Crippen molar-refractivity contribution in [2.24, 2.45) is 0 Å². The molecule has 5 nitrogen and oxygen atoms in total. The molecule has 0 spiro atoms. The summed E-state index contributed by atoms with van der Waals surface area (Å²) in [6.07, 6.45) is 8.79. The lowest BCUT2D eigenvalue weighted by Crippen LogP contribution is -2.41. The molecule has 17 heavy (non-hydrogen) atoms. The van der Waals surface area contributed by atoms with E-state index in [9.17, 15) is 4.79 Å². The molecule has 0 amide bonds.